The van der Waals surface area contributed by atoms with E-state index < -0.39 is 0 Å². The molecule has 5 aromatic carbocycles. The summed E-state index contributed by atoms with van der Waals surface area (Å²) < 4.78 is 2.36. The molecule has 152 valence electrons. The Kier molecular flexibility index (Phi) is 4.47. The van der Waals surface area contributed by atoms with Gasteiger partial charge in [-0.1, -0.05) is 78.9 Å². The highest BCUT2D eigenvalue weighted by Crippen LogP contribution is 2.35. The molecule has 6 aromatic rings. The second-order valence-electron chi connectivity index (χ2n) is 7.99. The monoisotopic (exact) mass is 410 g/mol. The summed E-state index contributed by atoms with van der Waals surface area (Å²) in [6.07, 6.45) is 0. The Hall–Kier alpha value is -4.30. The first kappa shape index (κ1) is 18.5. The molecule has 0 unspecified atom stereocenters. The largest absolute Gasteiger partial charge is 0.356 e. The summed E-state index contributed by atoms with van der Waals surface area (Å²) in [4.78, 5) is 0. The fourth-order valence-electron chi connectivity index (χ4n) is 4.44. The molecular weight excluding hydrogens is 388 g/mol. The molecule has 2 nitrogen and oxygen atoms in total. The first-order chi connectivity index (χ1) is 15.9. The summed E-state index contributed by atoms with van der Waals surface area (Å²) in [5.41, 5.74) is 8.22. The Balaban J connectivity index is 1.45. The normalized spacial score (nSPS) is 11.1. The van der Waals surface area contributed by atoms with Gasteiger partial charge in [0.25, 0.3) is 0 Å². The number of hydrogen-bond acceptors (Lipinski definition) is 1. The van der Waals surface area contributed by atoms with Crippen molar-refractivity contribution in [2.24, 2.45) is 0 Å². The second kappa shape index (κ2) is 7.75. The minimum atomic E-state index is 1.08. The van der Waals surface area contributed by atoms with Crippen molar-refractivity contribution in [3.63, 3.8) is 0 Å². The first-order valence-corrected chi connectivity index (χ1v) is 10.9. The van der Waals surface area contributed by atoms with E-state index in [2.05, 4.69) is 119 Å². The molecule has 32 heavy (non-hydrogen) atoms. The van der Waals surface area contributed by atoms with Crippen molar-refractivity contribution in [3.8, 4) is 16.8 Å². The fraction of sp³-hybridized carbons (Fsp3) is 0. The number of anilines is 2. The molecule has 0 atom stereocenters. The van der Waals surface area contributed by atoms with Crippen LogP contribution in [0.1, 0.15) is 0 Å². The van der Waals surface area contributed by atoms with Gasteiger partial charge in [0.05, 0.1) is 11.0 Å². The lowest BCUT2D eigenvalue weighted by atomic mass is 10.0. The zero-order valence-corrected chi connectivity index (χ0v) is 17.6. The summed E-state index contributed by atoms with van der Waals surface area (Å²) in [5.74, 6) is 0. The van der Waals surface area contributed by atoms with Crippen molar-refractivity contribution in [2.75, 3.05) is 5.32 Å². The number of aromatic nitrogens is 1. The molecule has 0 bridgehead atoms. The summed E-state index contributed by atoms with van der Waals surface area (Å²) in [5, 5.41) is 6.01. The number of nitrogens with one attached hydrogen (secondary N) is 1. The SMILES string of the molecule is c1ccc(Nc2ccc(-c3ccc4c5ccccc5n(-c5ccccc5)c4c3)cc2)cc1. The maximum Gasteiger partial charge on any atom is 0.0547 e. The Morgan fingerprint density at radius 1 is 0.438 bits per heavy atom. The number of rotatable bonds is 4. The lowest BCUT2D eigenvalue weighted by Gasteiger charge is -2.10. The number of hydrogen-bond donors (Lipinski definition) is 1. The van der Waals surface area contributed by atoms with Crippen molar-refractivity contribution in [1.82, 2.24) is 4.57 Å². The van der Waals surface area contributed by atoms with E-state index in [4.69, 9.17) is 0 Å². The maximum atomic E-state index is 3.46. The molecule has 1 N–H and O–H groups in total. The maximum absolute atomic E-state index is 3.46. The molecule has 1 heterocycles. The molecule has 0 aliphatic carbocycles. The van der Waals surface area contributed by atoms with Gasteiger partial charge < -0.3 is 9.88 Å². The van der Waals surface area contributed by atoms with Crippen LogP contribution in [0.4, 0.5) is 11.4 Å². The number of para-hydroxylation sites is 3. The molecule has 2 heteroatoms. The van der Waals surface area contributed by atoms with Crippen LogP contribution in [-0.4, -0.2) is 4.57 Å². The van der Waals surface area contributed by atoms with Crippen LogP contribution >= 0.6 is 0 Å². The molecule has 0 saturated carbocycles. The lowest BCUT2D eigenvalue weighted by molar-refractivity contribution is 1.18. The Morgan fingerprint density at radius 3 is 1.81 bits per heavy atom. The molecule has 0 spiro atoms. The lowest BCUT2D eigenvalue weighted by Crippen LogP contribution is -1.93. The molecule has 0 aliphatic rings. The highest BCUT2D eigenvalue weighted by atomic mass is 15.0. The van der Waals surface area contributed by atoms with E-state index >= 15 is 0 Å². The van der Waals surface area contributed by atoms with Gasteiger partial charge >= 0.3 is 0 Å². The zero-order valence-electron chi connectivity index (χ0n) is 17.6. The zero-order chi connectivity index (χ0) is 21.3. The molecular formula is C30H22N2. The van der Waals surface area contributed by atoms with Crippen LogP contribution in [0.15, 0.2) is 127 Å². The molecule has 0 saturated heterocycles. The molecule has 6 rings (SSSR count). The van der Waals surface area contributed by atoms with Crippen LogP contribution in [0.25, 0.3) is 38.6 Å². The van der Waals surface area contributed by atoms with E-state index in [-0.39, 0.29) is 0 Å². The Morgan fingerprint density at radius 2 is 1.03 bits per heavy atom. The van der Waals surface area contributed by atoms with Gasteiger partial charge in [-0.2, -0.15) is 0 Å². The van der Waals surface area contributed by atoms with E-state index in [9.17, 15) is 0 Å². The molecule has 0 fully saturated rings. The summed E-state index contributed by atoms with van der Waals surface area (Å²) in [7, 11) is 0. The smallest absolute Gasteiger partial charge is 0.0547 e. The molecule has 0 aliphatic heterocycles. The third-order valence-electron chi connectivity index (χ3n) is 5.97. The van der Waals surface area contributed by atoms with E-state index in [1.807, 2.05) is 18.2 Å². The number of benzene rings is 5. The van der Waals surface area contributed by atoms with Gasteiger partial charge in [0.15, 0.2) is 0 Å². The van der Waals surface area contributed by atoms with Gasteiger partial charge in [-0.3, -0.25) is 0 Å². The van der Waals surface area contributed by atoms with Crippen molar-refractivity contribution < 1.29 is 0 Å². The van der Waals surface area contributed by atoms with Gasteiger partial charge in [0.1, 0.15) is 0 Å². The van der Waals surface area contributed by atoms with Gasteiger partial charge in [-0.25, -0.2) is 0 Å². The first-order valence-electron chi connectivity index (χ1n) is 10.9. The van der Waals surface area contributed by atoms with Crippen molar-refractivity contribution in [1.29, 1.82) is 0 Å². The molecule has 0 amide bonds. The summed E-state index contributed by atoms with van der Waals surface area (Å²) >= 11 is 0. The standard InChI is InChI=1S/C30H22N2/c1-3-9-24(10-4-1)31-25-18-15-22(16-19-25)23-17-20-28-27-13-7-8-14-29(27)32(30(28)21-23)26-11-5-2-6-12-26/h1-21,31H. The summed E-state index contributed by atoms with van der Waals surface area (Å²) in [6, 6.07) is 44.9. The second-order valence-corrected chi connectivity index (χ2v) is 7.99. The van der Waals surface area contributed by atoms with Crippen LogP contribution < -0.4 is 5.32 Å². The predicted octanol–water partition coefficient (Wildman–Crippen LogP) is 8.19. The minimum absolute atomic E-state index is 1.08. The summed E-state index contributed by atoms with van der Waals surface area (Å²) in [6.45, 7) is 0. The Bertz CT molecular complexity index is 1510. The number of fused-ring (bicyclic) bond motifs is 3. The van der Waals surface area contributed by atoms with Crippen molar-refractivity contribution in [2.45, 2.75) is 0 Å². The predicted molar refractivity (Wildman–Crippen MR) is 136 cm³/mol. The third kappa shape index (κ3) is 3.23. The van der Waals surface area contributed by atoms with Crippen molar-refractivity contribution in [3.05, 3.63) is 127 Å². The third-order valence-corrected chi connectivity index (χ3v) is 5.97. The molecule has 0 radical (unpaired) electrons. The van der Waals surface area contributed by atoms with Crippen LogP contribution in [0.3, 0.4) is 0 Å². The van der Waals surface area contributed by atoms with E-state index in [1.165, 1.54) is 38.6 Å². The average Bonchev–Trinajstić information content (AvgIpc) is 3.19. The van der Waals surface area contributed by atoms with Gasteiger partial charge in [0, 0.05) is 27.8 Å². The van der Waals surface area contributed by atoms with Gasteiger partial charge in [-0.15, -0.1) is 0 Å². The van der Waals surface area contributed by atoms with Crippen LogP contribution in [-0.2, 0) is 0 Å². The van der Waals surface area contributed by atoms with E-state index in [0.29, 0.717) is 0 Å². The minimum Gasteiger partial charge on any atom is -0.356 e. The fourth-order valence-corrected chi connectivity index (χ4v) is 4.44. The van der Waals surface area contributed by atoms with Crippen LogP contribution in [0, 0.1) is 0 Å². The van der Waals surface area contributed by atoms with Crippen molar-refractivity contribution >= 4 is 33.2 Å². The highest BCUT2D eigenvalue weighted by molar-refractivity contribution is 6.10. The molecule has 1 aromatic heterocycles. The van der Waals surface area contributed by atoms with Crippen LogP contribution in [0.2, 0.25) is 0 Å². The van der Waals surface area contributed by atoms with E-state index in [1.54, 1.807) is 0 Å². The van der Waals surface area contributed by atoms with E-state index in [0.717, 1.165) is 11.4 Å². The van der Waals surface area contributed by atoms with Crippen LogP contribution in [0.5, 0.6) is 0 Å². The number of nitrogens with zero attached hydrogens (tertiary/aromatic N) is 1. The van der Waals surface area contributed by atoms with Gasteiger partial charge in [0.2, 0.25) is 0 Å². The van der Waals surface area contributed by atoms with Gasteiger partial charge in [-0.05, 0) is 59.7 Å². The quantitative estimate of drug-likeness (QED) is 0.310. The Labute approximate surface area is 187 Å². The topological polar surface area (TPSA) is 17.0 Å². The highest BCUT2D eigenvalue weighted by Gasteiger charge is 2.12. The average molecular weight is 411 g/mol.